The number of aromatic nitrogens is 2. The van der Waals surface area contributed by atoms with E-state index < -0.39 is 25.4 Å². The lowest BCUT2D eigenvalue weighted by molar-refractivity contribution is -0.384. The molecule has 0 atom stereocenters. The summed E-state index contributed by atoms with van der Waals surface area (Å²) in [4.78, 5) is 50.4. The van der Waals surface area contributed by atoms with Gasteiger partial charge in [0.25, 0.3) is 5.69 Å². The minimum atomic E-state index is -4.83. The largest absolute Gasteiger partial charge is 0.472 e. The van der Waals surface area contributed by atoms with Crippen LogP contribution in [0.4, 0.5) is 15.8 Å². The summed E-state index contributed by atoms with van der Waals surface area (Å²) in [6.07, 6.45) is 2.82. The fourth-order valence-electron chi connectivity index (χ4n) is 3.25. The van der Waals surface area contributed by atoms with Gasteiger partial charge in [0.05, 0.1) is 10.4 Å². The maximum Gasteiger partial charge on any atom is 0.472 e. The number of nitrogens with one attached hydrogen (secondary N) is 1. The molecule has 0 aliphatic heterocycles. The monoisotopic (exact) mass is 528 g/mol. The minimum absolute atomic E-state index is 0.166. The molecule has 0 saturated heterocycles. The van der Waals surface area contributed by atoms with Crippen LogP contribution in [0.1, 0.15) is 5.56 Å². The van der Waals surface area contributed by atoms with Crippen LogP contribution in [-0.4, -0.2) is 37.1 Å². The number of amides is 1. The Hall–Kier alpha value is -4.42. The maximum absolute atomic E-state index is 13.0. The first-order valence-corrected chi connectivity index (χ1v) is 12.0. The maximum atomic E-state index is 13.0. The Kier molecular flexibility index (Phi) is 7.41. The summed E-state index contributed by atoms with van der Waals surface area (Å²) in [7, 11) is -4.83. The standard InChI is InChI=1S/C23H18FN4O8P/c24-17-6-1-15(2-7-17)3-12-22(29)25-18-8-4-16(5-9-18)23-26-20-11-10-19(28(30)31)13-21(20)27(23)35-14-36-37(32,33)34/h1-13H,14H2,(H,25,29)(H2,32,33,34)/b12-3+. The molecule has 0 bridgehead atoms. The van der Waals surface area contributed by atoms with Crippen molar-refractivity contribution < 1.29 is 37.8 Å². The molecule has 3 aromatic carbocycles. The lowest BCUT2D eigenvalue weighted by atomic mass is 10.2. The molecule has 0 spiro atoms. The van der Waals surface area contributed by atoms with E-state index in [1.54, 1.807) is 24.3 Å². The van der Waals surface area contributed by atoms with Gasteiger partial charge in [-0.1, -0.05) is 12.1 Å². The zero-order valence-electron chi connectivity index (χ0n) is 18.7. The van der Waals surface area contributed by atoms with Crippen molar-refractivity contribution in [1.82, 2.24) is 9.71 Å². The van der Waals surface area contributed by atoms with Crippen molar-refractivity contribution in [3.05, 3.63) is 94.3 Å². The molecule has 37 heavy (non-hydrogen) atoms. The predicted molar refractivity (Wildman–Crippen MR) is 130 cm³/mol. The second-order valence-electron chi connectivity index (χ2n) is 7.48. The first-order valence-electron chi connectivity index (χ1n) is 10.4. The molecule has 190 valence electrons. The highest BCUT2D eigenvalue weighted by atomic mass is 31.2. The summed E-state index contributed by atoms with van der Waals surface area (Å²) < 4.78 is 29.4. The van der Waals surface area contributed by atoms with Crippen molar-refractivity contribution in [2.75, 3.05) is 12.1 Å². The van der Waals surface area contributed by atoms with Crippen molar-refractivity contribution in [2.24, 2.45) is 0 Å². The highest BCUT2D eigenvalue weighted by Gasteiger charge is 2.19. The predicted octanol–water partition coefficient (Wildman–Crippen LogP) is 3.90. The number of imidazole rings is 1. The van der Waals surface area contributed by atoms with Gasteiger partial charge in [0.1, 0.15) is 11.3 Å². The van der Waals surface area contributed by atoms with Gasteiger partial charge in [-0.3, -0.25) is 14.9 Å². The molecule has 4 rings (SSSR count). The lowest BCUT2D eigenvalue weighted by Crippen LogP contribution is -2.15. The number of halogens is 1. The molecule has 1 aromatic heterocycles. The topological polar surface area (TPSA) is 166 Å². The van der Waals surface area contributed by atoms with Gasteiger partial charge in [-0.15, -0.1) is 0 Å². The number of anilines is 1. The number of rotatable bonds is 9. The number of benzene rings is 3. The number of nitrogens with zero attached hydrogens (tertiary/aromatic N) is 3. The average Bonchev–Trinajstić information content (AvgIpc) is 3.21. The molecule has 0 saturated carbocycles. The van der Waals surface area contributed by atoms with Gasteiger partial charge in [-0.05, 0) is 54.1 Å². The molecule has 1 heterocycles. The van der Waals surface area contributed by atoms with Crippen LogP contribution < -0.4 is 10.2 Å². The van der Waals surface area contributed by atoms with Crippen LogP contribution in [0.3, 0.4) is 0 Å². The second-order valence-corrected chi connectivity index (χ2v) is 8.72. The molecule has 4 aromatic rings. The molecule has 0 radical (unpaired) electrons. The number of non-ortho nitro benzene ring substituents is 1. The normalized spacial score (nSPS) is 11.6. The van der Waals surface area contributed by atoms with E-state index in [-0.39, 0.29) is 22.8 Å². The Labute approximate surface area is 207 Å². The lowest BCUT2D eigenvalue weighted by Gasteiger charge is -2.12. The highest BCUT2D eigenvalue weighted by Crippen LogP contribution is 2.35. The van der Waals surface area contributed by atoms with Crippen molar-refractivity contribution in [3.63, 3.8) is 0 Å². The van der Waals surface area contributed by atoms with Gasteiger partial charge < -0.3 is 19.9 Å². The van der Waals surface area contributed by atoms with Crippen LogP contribution >= 0.6 is 7.82 Å². The molecule has 0 aliphatic carbocycles. The van der Waals surface area contributed by atoms with E-state index in [9.17, 15) is 23.9 Å². The van der Waals surface area contributed by atoms with Crippen molar-refractivity contribution >= 4 is 42.2 Å². The van der Waals surface area contributed by atoms with Crippen molar-refractivity contribution in [3.8, 4) is 11.4 Å². The molecule has 14 heteroatoms. The van der Waals surface area contributed by atoms with E-state index in [1.807, 2.05) is 0 Å². The Morgan fingerprint density at radius 2 is 1.84 bits per heavy atom. The fourth-order valence-corrected chi connectivity index (χ4v) is 3.43. The smallest absolute Gasteiger partial charge is 0.382 e. The molecule has 0 fully saturated rings. The fraction of sp³-hybridized carbons (Fsp3) is 0.0435. The van der Waals surface area contributed by atoms with Crippen molar-refractivity contribution in [2.45, 2.75) is 0 Å². The number of phosphoric acid groups is 1. The van der Waals surface area contributed by atoms with E-state index in [1.165, 1.54) is 54.6 Å². The molecule has 3 N–H and O–H groups in total. The third-order valence-electron chi connectivity index (χ3n) is 4.92. The summed E-state index contributed by atoms with van der Waals surface area (Å²) in [6.45, 7) is -0.861. The summed E-state index contributed by atoms with van der Waals surface area (Å²) >= 11 is 0. The zero-order valence-corrected chi connectivity index (χ0v) is 19.6. The Bertz CT molecular complexity index is 1530. The van der Waals surface area contributed by atoms with E-state index >= 15 is 0 Å². The van der Waals surface area contributed by atoms with Crippen LogP contribution in [0.5, 0.6) is 0 Å². The first kappa shape index (κ1) is 25.7. The third kappa shape index (κ3) is 6.63. The summed E-state index contributed by atoms with van der Waals surface area (Å²) in [5.41, 5.74) is 1.80. The molecular weight excluding hydrogens is 510 g/mol. The Balaban J connectivity index is 1.56. The number of nitro groups is 1. The molecule has 1 amide bonds. The van der Waals surface area contributed by atoms with E-state index in [2.05, 4.69) is 14.8 Å². The van der Waals surface area contributed by atoms with Crippen LogP contribution in [-0.2, 0) is 13.9 Å². The minimum Gasteiger partial charge on any atom is -0.382 e. The van der Waals surface area contributed by atoms with Gasteiger partial charge in [-0.25, -0.2) is 18.5 Å². The Morgan fingerprint density at radius 3 is 2.49 bits per heavy atom. The van der Waals surface area contributed by atoms with E-state index in [4.69, 9.17) is 14.6 Å². The summed E-state index contributed by atoms with van der Waals surface area (Å²) in [5, 5.41) is 13.9. The number of hydrogen-bond donors (Lipinski definition) is 3. The third-order valence-corrected chi connectivity index (χ3v) is 5.36. The summed E-state index contributed by atoms with van der Waals surface area (Å²) in [6, 6.07) is 15.8. The Morgan fingerprint density at radius 1 is 1.14 bits per heavy atom. The first-order chi connectivity index (χ1) is 17.6. The second kappa shape index (κ2) is 10.7. The number of fused-ring (bicyclic) bond motifs is 1. The number of carbonyl (C=O) groups excluding carboxylic acids is 1. The number of phosphoric ester groups is 1. The number of nitro benzene ring substituents is 1. The number of carbonyl (C=O) groups is 1. The van der Waals surface area contributed by atoms with Gasteiger partial charge in [-0.2, -0.15) is 4.73 Å². The van der Waals surface area contributed by atoms with Crippen LogP contribution in [0.25, 0.3) is 28.5 Å². The van der Waals surface area contributed by atoms with Gasteiger partial charge in [0, 0.05) is 29.5 Å². The quantitative estimate of drug-likeness (QED) is 0.0960. The van der Waals surface area contributed by atoms with Crippen LogP contribution in [0.15, 0.2) is 72.8 Å². The van der Waals surface area contributed by atoms with Crippen molar-refractivity contribution in [1.29, 1.82) is 0 Å². The van der Waals surface area contributed by atoms with Crippen LogP contribution in [0.2, 0.25) is 0 Å². The van der Waals surface area contributed by atoms with Gasteiger partial charge in [0.2, 0.25) is 12.7 Å². The van der Waals surface area contributed by atoms with Gasteiger partial charge >= 0.3 is 7.82 Å². The molecule has 12 nitrogen and oxygen atoms in total. The van der Waals surface area contributed by atoms with Crippen LogP contribution in [0, 0.1) is 15.9 Å². The molecule has 0 unspecified atom stereocenters. The summed E-state index contributed by atoms with van der Waals surface area (Å²) in [5.74, 6) is -0.637. The molecule has 0 aliphatic rings. The number of hydrogen-bond acceptors (Lipinski definition) is 7. The van der Waals surface area contributed by atoms with E-state index in [0.717, 1.165) is 4.73 Å². The molecular formula is C23H18FN4O8P. The van der Waals surface area contributed by atoms with Gasteiger partial charge in [0.15, 0.2) is 5.82 Å². The average molecular weight is 528 g/mol. The SMILES string of the molecule is O=C(/C=C/c1ccc(F)cc1)Nc1ccc(-c2nc3ccc([N+](=O)[O-])cc3n2OCOP(=O)(O)O)cc1. The van der Waals surface area contributed by atoms with E-state index in [0.29, 0.717) is 22.3 Å². The zero-order chi connectivity index (χ0) is 26.6. The highest BCUT2D eigenvalue weighted by molar-refractivity contribution is 7.46.